The van der Waals surface area contributed by atoms with Gasteiger partial charge in [0.1, 0.15) is 23.5 Å². The minimum atomic E-state index is 0.551. The lowest BCUT2D eigenvalue weighted by Gasteiger charge is -2.04. The highest BCUT2D eigenvalue weighted by molar-refractivity contribution is 5.79. The molecule has 6 nitrogen and oxygen atoms in total. The molecule has 0 spiro atoms. The Morgan fingerprint density at radius 3 is 2.62 bits per heavy atom. The summed E-state index contributed by atoms with van der Waals surface area (Å²) in [5, 5.41) is 6.82. The molecular weight excluding hydrogens is 264 g/mol. The normalized spacial score (nSPS) is 11.1. The summed E-state index contributed by atoms with van der Waals surface area (Å²) >= 11 is 0. The number of aromatic nitrogens is 6. The molecule has 0 bridgehead atoms. The molecule has 0 saturated heterocycles. The molecule has 0 amide bonds. The third-order valence-corrected chi connectivity index (χ3v) is 3.28. The van der Waals surface area contributed by atoms with E-state index in [0.717, 1.165) is 28.5 Å². The van der Waals surface area contributed by atoms with Crippen molar-refractivity contribution in [3.63, 3.8) is 0 Å². The number of fused-ring (bicyclic) bond motifs is 1. The van der Waals surface area contributed by atoms with E-state index in [1.54, 1.807) is 0 Å². The number of benzene rings is 1. The van der Waals surface area contributed by atoms with Crippen LogP contribution in [0.2, 0.25) is 0 Å². The van der Waals surface area contributed by atoms with Gasteiger partial charge in [-0.05, 0) is 13.0 Å². The van der Waals surface area contributed by atoms with Crippen LogP contribution in [0.15, 0.2) is 42.7 Å². The van der Waals surface area contributed by atoms with Gasteiger partial charge in [-0.1, -0.05) is 30.3 Å². The van der Waals surface area contributed by atoms with Crippen LogP contribution in [0.4, 0.5) is 0 Å². The van der Waals surface area contributed by atoms with Crippen LogP contribution in [0.25, 0.3) is 34.2 Å². The second-order valence-corrected chi connectivity index (χ2v) is 4.76. The summed E-state index contributed by atoms with van der Waals surface area (Å²) in [4.78, 5) is 16.6. The van der Waals surface area contributed by atoms with Crippen molar-refractivity contribution in [2.24, 2.45) is 0 Å². The van der Waals surface area contributed by atoms with Gasteiger partial charge in [0.25, 0.3) is 0 Å². The summed E-state index contributed by atoms with van der Waals surface area (Å²) in [6.45, 7) is 1.91. The summed E-state index contributed by atoms with van der Waals surface area (Å²) < 4.78 is 0. The van der Waals surface area contributed by atoms with E-state index in [1.807, 2.05) is 43.3 Å². The average molecular weight is 276 g/mol. The lowest BCUT2D eigenvalue weighted by Crippen LogP contribution is -1.98. The quantitative estimate of drug-likeness (QED) is 0.589. The predicted octanol–water partition coefficient (Wildman–Crippen LogP) is 2.67. The van der Waals surface area contributed by atoms with Gasteiger partial charge in [-0.25, -0.2) is 15.0 Å². The highest BCUT2D eigenvalue weighted by Crippen LogP contribution is 2.32. The van der Waals surface area contributed by atoms with Crippen LogP contribution in [0.1, 0.15) is 5.82 Å². The molecule has 1 aromatic carbocycles. The Morgan fingerprint density at radius 2 is 1.86 bits per heavy atom. The van der Waals surface area contributed by atoms with Crippen LogP contribution in [0.5, 0.6) is 0 Å². The van der Waals surface area contributed by atoms with E-state index in [2.05, 4.69) is 25.1 Å². The molecule has 6 heteroatoms. The van der Waals surface area contributed by atoms with Gasteiger partial charge in [0.15, 0.2) is 0 Å². The first kappa shape index (κ1) is 11.8. The SMILES string of the molecule is Cc1nc(-c2nc[nH]n2)c2nc(-c3ccccc3)cc-2[nH]1. The summed E-state index contributed by atoms with van der Waals surface area (Å²) in [6.07, 6.45) is 1.54. The molecule has 0 unspecified atom stereocenters. The highest BCUT2D eigenvalue weighted by atomic mass is 15.2. The predicted molar refractivity (Wildman–Crippen MR) is 78.6 cm³/mol. The number of hydrogen-bond acceptors (Lipinski definition) is 4. The molecule has 21 heavy (non-hydrogen) atoms. The number of nitrogens with one attached hydrogen (secondary N) is 2. The first-order valence-corrected chi connectivity index (χ1v) is 6.60. The van der Waals surface area contributed by atoms with Crippen molar-refractivity contribution in [2.45, 2.75) is 6.92 Å². The van der Waals surface area contributed by atoms with Crippen LogP contribution in [-0.2, 0) is 0 Å². The van der Waals surface area contributed by atoms with Crippen LogP contribution in [-0.4, -0.2) is 30.1 Å². The fraction of sp³-hybridized carbons (Fsp3) is 0.0667. The maximum atomic E-state index is 4.69. The number of H-pyrrole nitrogens is 2. The second-order valence-electron chi connectivity index (χ2n) is 4.76. The Labute approximate surface area is 120 Å². The van der Waals surface area contributed by atoms with E-state index in [-0.39, 0.29) is 0 Å². The van der Waals surface area contributed by atoms with E-state index in [0.29, 0.717) is 11.5 Å². The molecular formula is C15H12N6. The Hall–Kier alpha value is -3.02. The van der Waals surface area contributed by atoms with Gasteiger partial charge in [0, 0.05) is 5.56 Å². The van der Waals surface area contributed by atoms with Crippen molar-refractivity contribution < 1.29 is 0 Å². The van der Waals surface area contributed by atoms with E-state index >= 15 is 0 Å². The number of hydrogen-bond donors (Lipinski definition) is 2. The maximum absolute atomic E-state index is 4.69. The van der Waals surface area contributed by atoms with Gasteiger partial charge in [-0.2, -0.15) is 5.10 Å². The Balaban J connectivity index is 1.95. The second kappa shape index (κ2) is 4.52. The molecule has 0 saturated carbocycles. The first-order valence-electron chi connectivity index (χ1n) is 6.60. The van der Waals surface area contributed by atoms with Gasteiger partial charge in [-0.3, -0.25) is 5.10 Å². The van der Waals surface area contributed by atoms with Crippen molar-refractivity contribution in [3.05, 3.63) is 48.5 Å². The number of nitrogens with zero attached hydrogens (tertiary/aromatic N) is 4. The van der Waals surface area contributed by atoms with Gasteiger partial charge in [0.05, 0.1) is 11.4 Å². The fourth-order valence-corrected chi connectivity index (χ4v) is 2.37. The molecule has 3 heterocycles. The lowest BCUT2D eigenvalue weighted by molar-refractivity contribution is 1.03. The third kappa shape index (κ3) is 1.97. The summed E-state index contributed by atoms with van der Waals surface area (Å²) in [5.74, 6) is 1.35. The zero-order valence-electron chi connectivity index (χ0n) is 11.3. The maximum Gasteiger partial charge on any atom is 0.201 e. The monoisotopic (exact) mass is 276 g/mol. The molecule has 2 aromatic rings. The standard InChI is InChI=1S/C15H12N6/c1-9-18-12-7-11(10-5-3-2-4-6-10)20-13(12)14(19-9)15-16-8-17-21-15/h2-8H,1H3,(H,18,19)(H,16,17,21). The number of rotatable bonds is 2. The van der Waals surface area contributed by atoms with Crippen molar-refractivity contribution in [2.75, 3.05) is 0 Å². The van der Waals surface area contributed by atoms with E-state index in [1.165, 1.54) is 6.33 Å². The molecule has 0 radical (unpaired) electrons. The molecule has 0 fully saturated rings. The zero-order valence-corrected chi connectivity index (χ0v) is 11.3. The minimum absolute atomic E-state index is 0.551. The smallest absolute Gasteiger partial charge is 0.201 e. The summed E-state index contributed by atoms with van der Waals surface area (Å²) in [6, 6.07) is 12.1. The van der Waals surface area contributed by atoms with E-state index in [9.17, 15) is 0 Å². The third-order valence-electron chi connectivity index (χ3n) is 3.28. The van der Waals surface area contributed by atoms with Crippen molar-refractivity contribution in [3.8, 4) is 34.2 Å². The molecule has 0 aliphatic carbocycles. The molecule has 2 N–H and O–H groups in total. The average Bonchev–Trinajstić information content (AvgIpc) is 3.16. The van der Waals surface area contributed by atoms with Crippen LogP contribution < -0.4 is 0 Å². The van der Waals surface area contributed by atoms with Gasteiger partial charge in [0.2, 0.25) is 5.82 Å². The zero-order chi connectivity index (χ0) is 14.2. The molecule has 2 aliphatic heterocycles. The largest absolute Gasteiger partial charge is 0.342 e. The Kier molecular flexibility index (Phi) is 2.53. The molecule has 2 aliphatic rings. The van der Waals surface area contributed by atoms with Gasteiger partial charge < -0.3 is 4.98 Å². The van der Waals surface area contributed by atoms with Crippen molar-refractivity contribution in [1.82, 2.24) is 30.1 Å². The van der Waals surface area contributed by atoms with E-state index < -0.39 is 0 Å². The van der Waals surface area contributed by atoms with Crippen LogP contribution in [0, 0.1) is 6.92 Å². The van der Waals surface area contributed by atoms with Gasteiger partial charge in [-0.15, -0.1) is 0 Å². The molecule has 0 atom stereocenters. The van der Waals surface area contributed by atoms with Crippen molar-refractivity contribution >= 4 is 0 Å². The number of aromatic amines is 2. The summed E-state index contributed by atoms with van der Waals surface area (Å²) in [7, 11) is 0. The van der Waals surface area contributed by atoms with Gasteiger partial charge >= 0.3 is 0 Å². The molecule has 102 valence electrons. The fourth-order valence-electron chi connectivity index (χ4n) is 2.37. The van der Waals surface area contributed by atoms with Crippen LogP contribution in [0.3, 0.4) is 0 Å². The lowest BCUT2D eigenvalue weighted by atomic mass is 10.1. The highest BCUT2D eigenvalue weighted by Gasteiger charge is 2.20. The van der Waals surface area contributed by atoms with E-state index in [4.69, 9.17) is 4.98 Å². The Morgan fingerprint density at radius 1 is 1.00 bits per heavy atom. The van der Waals surface area contributed by atoms with Crippen molar-refractivity contribution in [1.29, 1.82) is 0 Å². The topological polar surface area (TPSA) is 83.1 Å². The summed E-state index contributed by atoms with van der Waals surface area (Å²) in [5.41, 5.74) is 4.37. The molecule has 1 aromatic heterocycles. The first-order chi connectivity index (χ1) is 10.3. The molecule has 4 rings (SSSR count). The number of aryl methyl sites for hydroxylation is 1. The Bertz CT molecular complexity index is 847. The van der Waals surface area contributed by atoms with Crippen LogP contribution >= 0.6 is 0 Å². The minimum Gasteiger partial charge on any atom is -0.342 e.